The molecular weight excluding hydrogens is 267 g/mol. The average Bonchev–Trinajstić information content (AvgIpc) is 2.72. The van der Waals surface area contributed by atoms with E-state index >= 15 is 0 Å². The van der Waals surface area contributed by atoms with Crippen molar-refractivity contribution in [1.82, 2.24) is 10.3 Å². The van der Waals surface area contributed by atoms with Crippen molar-refractivity contribution in [2.45, 2.75) is 26.1 Å². The Morgan fingerprint density at radius 2 is 2.06 bits per heavy atom. The summed E-state index contributed by atoms with van der Waals surface area (Å²) in [6, 6.07) is -0.609. The Kier molecular flexibility index (Phi) is 4.55. The van der Waals surface area contributed by atoms with E-state index in [1.54, 1.807) is 13.8 Å². The molecule has 1 amide bonds. The van der Waals surface area contributed by atoms with Gasteiger partial charge in [-0.25, -0.2) is 4.98 Å². The molecular formula is C10H14F3N3OS. The Bertz CT molecular complexity index is 417. The molecule has 2 N–H and O–H groups in total. The van der Waals surface area contributed by atoms with Crippen molar-refractivity contribution < 1.29 is 18.0 Å². The van der Waals surface area contributed by atoms with Gasteiger partial charge in [-0.2, -0.15) is 13.2 Å². The maximum atomic E-state index is 12.4. The molecule has 0 fully saturated rings. The van der Waals surface area contributed by atoms with E-state index in [4.69, 9.17) is 0 Å². The summed E-state index contributed by atoms with van der Waals surface area (Å²) in [5, 5.41) is 6.18. The average molecular weight is 281 g/mol. The number of aromatic nitrogens is 1. The summed E-state index contributed by atoms with van der Waals surface area (Å²) in [6.45, 7) is 3.59. The van der Waals surface area contributed by atoms with Crippen LogP contribution in [0.2, 0.25) is 0 Å². The standard InChI is InChI=1S/C10H14F3N3OS/c1-5(2)7(8(17)14-3)16-9-15-6(4-18-9)10(11,12)13/h4-5,7H,1-3H3,(H,14,17)(H,15,16). The minimum absolute atomic E-state index is 0.0665. The third-order valence-corrected chi connectivity index (χ3v) is 3.04. The molecule has 0 aliphatic rings. The molecule has 102 valence electrons. The van der Waals surface area contributed by atoms with Crippen LogP contribution in [0.25, 0.3) is 0 Å². The van der Waals surface area contributed by atoms with Crippen molar-refractivity contribution >= 4 is 22.4 Å². The van der Waals surface area contributed by atoms with Gasteiger partial charge in [-0.1, -0.05) is 13.8 Å². The molecule has 1 unspecified atom stereocenters. The van der Waals surface area contributed by atoms with Gasteiger partial charge in [0.1, 0.15) is 6.04 Å². The lowest BCUT2D eigenvalue weighted by atomic mass is 10.0. The van der Waals surface area contributed by atoms with Crippen LogP contribution in [0.15, 0.2) is 5.38 Å². The molecule has 0 spiro atoms. The number of amides is 1. The number of nitrogens with zero attached hydrogens (tertiary/aromatic N) is 1. The van der Waals surface area contributed by atoms with E-state index in [-0.39, 0.29) is 17.0 Å². The molecule has 0 saturated heterocycles. The largest absolute Gasteiger partial charge is 0.434 e. The fourth-order valence-electron chi connectivity index (χ4n) is 1.29. The summed E-state index contributed by atoms with van der Waals surface area (Å²) in [7, 11) is 1.47. The minimum atomic E-state index is -4.46. The van der Waals surface area contributed by atoms with Gasteiger partial charge in [-0.3, -0.25) is 4.79 Å². The second-order valence-electron chi connectivity index (χ2n) is 4.02. The van der Waals surface area contributed by atoms with Gasteiger partial charge in [-0.15, -0.1) is 11.3 Å². The highest BCUT2D eigenvalue weighted by Crippen LogP contribution is 2.32. The number of hydrogen-bond donors (Lipinski definition) is 2. The highest BCUT2D eigenvalue weighted by molar-refractivity contribution is 7.13. The second kappa shape index (κ2) is 5.55. The normalized spacial score (nSPS) is 13.5. The van der Waals surface area contributed by atoms with Crippen molar-refractivity contribution in [2.75, 3.05) is 12.4 Å². The third kappa shape index (κ3) is 3.59. The Hall–Kier alpha value is -1.31. The smallest absolute Gasteiger partial charge is 0.357 e. The predicted molar refractivity (Wildman–Crippen MR) is 63.4 cm³/mol. The van der Waals surface area contributed by atoms with Crippen LogP contribution in [-0.2, 0) is 11.0 Å². The van der Waals surface area contributed by atoms with Gasteiger partial charge in [0.2, 0.25) is 5.91 Å². The fraction of sp³-hybridized carbons (Fsp3) is 0.600. The number of rotatable bonds is 4. The van der Waals surface area contributed by atoms with E-state index in [1.807, 2.05) is 0 Å². The summed E-state index contributed by atoms with van der Waals surface area (Å²) >= 11 is 0.828. The zero-order valence-corrected chi connectivity index (χ0v) is 10.9. The van der Waals surface area contributed by atoms with Gasteiger partial charge in [0, 0.05) is 12.4 Å². The first-order valence-corrected chi connectivity index (χ1v) is 6.14. The van der Waals surface area contributed by atoms with Crippen LogP contribution < -0.4 is 10.6 Å². The zero-order chi connectivity index (χ0) is 13.9. The molecule has 0 radical (unpaired) electrons. The van der Waals surface area contributed by atoms with E-state index in [0.717, 1.165) is 16.7 Å². The monoisotopic (exact) mass is 281 g/mol. The molecule has 18 heavy (non-hydrogen) atoms. The maximum Gasteiger partial charge on any atom is 0.434 e. The topological polar surface area (TPSA) is 54.0 Å². The minimum Gasteiger partial charge on any atom is -0.357 e. The number of anilines is 1. The number of likely N-dealkylation sites (N-methyl/N-ethyl adjacent to an activating group) is 1. The Balaban J connectivity index is 2.82. The van der Waals surface area contributed by atoms with Gasteiger partial charge >= 0.3 is 6.18 Å². The first-order valence-electron chi connectivity index (χ1n) is 5.26. The van der Waals surface area contributed by atoms with Gasteiger partial charge < -0.3 is 10.6 Å². The summed E-state index contributed by atoms with van der Waals surface area (Å²) < 4.78 is 37.1. The second-order valence-corrected chi connectivity index (χ2v) is 4.87. The first kappa shape index (κ1) is 14.7. The highest BCUT2D eigenvalue weighted by atomic mass is 32.1. The molecule has 1 aromatic heterocycles. The van der Waals surface area contributed by atoms with Crippen LogP contribution in [0.5, 0.6) is 0 Å². The molecule has 1 atom stereocenters. The van der Waals surface area contributed by atoms with Gasteiger partial charge in [-0.05, 0) is 5.92 Å². The highest BCUT2D eigenvalue weighted by Gasteiger charge is 2.34. The third-order valence-electron chi connectivity index (χ3n) is 2.27. The molecule has 4 nitrogen and oxygen atoms in total. The van der Waals surface area contributed by atoms with Gasteiger partial charge in [0.15, 0.2) is 10.8 Å². The summed E-state index contributed by atoms with van der Waals surface area (Å²) in [4.78, 5) is 15.0. The Morgan fingerprint density at radius 3 is 2.44 bits per heavy atom. The molecule has 0 aliphatic heterocycles. The number of halogens is 3. The van der Waals surface area contributed by atoms with E-state index in [0.29, 0.717) is 0 Å². The summed E-state index contributed by atoms with van der Waals surface area (Å²) in [5.41, 5.74) is -0.950. The fourth-order valence-corrected chi connectivity index (χ4v) is 2.05. The number of thiazole rings is 1. The van der Waals surface area contributed by atoms with Gasteiger partial charge in [0.25, 0.3) is 0 Å². The van der Waals surface area contributed by atoms with Crippen LogP contribution in [-0.4, -0.2) is 24.0 Å². The number of hydrogen-bond acceptors (Lipinski definition) is 4. The van der Waals surface area contributed by atoms with Crippen molar-refractivity contribution in [1.29, 1.82) is 0 Å². The Morgan fingerprint density at radius 1 is 1.44 bits per heavy atom. The molecule has 0 saturated carbocycles. The molecule has 1 heterocycles. The summed E-state index contributed by atoms with van der Waals surface area (Å²) in [6.07, 6.45) is -4.46. The number of carbonyl (C=O) groups excluding carboxylic acids is 1. The van der Waals surface area contributed by atoms with E-state index in [2.05, 4.69) is 15.6 Å². The molecule has 1 aromatic rings. The van der Waals surface area contributed by atoms with Crippen LogP contribution >= 0.6 is 11.3 Å². The quantitative estimate of drug-likeness (QED) is 0.890. The molecule has 0 aromatic carbocycles. The van der Waals surface area contributed by atoms with Crippen LogP contribution in [0, 0.1) is 5.92 Å². The van der Waals surface area contributed by atoms with Crippen molar-refractivity contribution in [3.05, 3.63) is 11.1 Å². The SMILES string of the molecule is CNC(=O)C(Nc1nc(C(F)(F)F)cs1)C(C)C. The first-order chi connectivity index (χ1) is 8.25. The van der Waals surface area contributed by atoms with Crippen molar-refractivity contribution in [3.63, 3.8) is 0 Å². The van der Waals surface area contributed by atoms with Crippen LogP contribution in [0.3, 0.4) is 0 Å². The van der Waals surface area contributed by atoms with E-state index in [9.17, 15) is 18.0 Å². The number of nitrogens with one attached hydrogen (secondary N) is 2. The lowest BCUT2D eigenvalue weighted by Gasteiger charge is -2.19. The zero-order valence-electron chi connectivity index (χ0n) is 10.1. The van der Waals surface area contributed by atoms with Crippen LogP contribution in [0.1, 0.15) is 19.5 Å². The molecule has 0 bridgehead atoms. The van der Waals surface area contributed by atoms with Crippen LogP contribution in [0.4, 0.5) is 18.3 Å². The van der Waals surface area contributed by atoms with Crippen molar-refractivity contribution in [2.24, 2.45) is 5.92 Å². The predicted octanol–water partition coefficient (Wildman–Crippen LogP) is 2.34. The number of alkyl halides is 3. The molecule has 0 aliphatic carbocycles. The van der Waals surface area contributed by atoms with E-state index < -0.39 is 17.9 Å². The molecule has 8 heteroatoms. The summed E-state index contributed by atoms with van der Waals surface area (Å²) in [5.74, 6) is -0.350. The van der Waals surface area contributed by atoms with Crippen molar-refractivity contribution in [3.8, 4) is 0 Å². The lowest BCUT2D eigenvalue weighted by molar-refractivity contribution is -0.140. The van der Waals surface area contributed by atoms with Gasteiger partial charge in [0.05, 0.1) is 0 Å². The molecule has 1 rings (SSSR count). The lowest BCUT2D eigenvalue weighted by Crippen LogP contribution is -2.41. The Labute approximate surface area is 107 Å². The maximum absolute atomic E-state index is 12.4. The van der Waals surface area contributed by atoms with E-state index in [1.165, 1.54) is 7.05 Å². The number of carbonyl (C=O) groups is 1.